The number of hydrogen-bond donors (Lipinski definition) is 0. The van der Waals surface area contributed by atoms with E-state index in [9.17, 15) is 8.42 Å². The molecule has 1 aliphatic rings. The summed E-state index contributed by atoms with van der Waals surface area (Å²) in [7, 11) is -2.13. The zero-order valence-electron chi connectivity index (χ0n) is 10.8. The summed E-state index contributed by atoms with van der Waals surface area (Å²) < 4.78 is 42.5. The van der Waals surface area contributed by atoms with Crippen molar-refractivity contribution in [1.82, 2.24) is 0 Å². The van der Waals surface area contributed by atoms with Gasteiger partial charge in [-0.2, -0.15) is 8.42 Å². The van der Waals surface area contributed by atoms with Crippen molar-refractivity contribution in [2.45, 2.75) is 24.7 Å². The molecular weight excluding hydrogens is 278 g/mol. The lowest BCUT2D eigenvalue weighted by atomic mass is 10.0. The predicted molar refractivity (Wildman–Crippen MR) is 64.8 cm³/mol. The topological polar surface area (TPSA) is 120 Å². The third-order valence-electron chi connectivity index (χ3n) is 2.43. The quantitative estimate of drug-likeness (QED) is 0.168. The normalized spacial score (nSPS) is 27.8. The van der Waals surface area contributed by atoms with Gasteiger partial charge in [-0.1, -0.05) is 5.11 Å². The fourth-order valence-electron chi connectivity index (χ4n) is 1.71. The molecule has 0 radical (unpaired) electrons. The van der Waals surface area contributed by atoms with Crippen LogP contribution < -0.4 is 0 Å². The van der Waals surface area contributed by atoms with Crippen molar-refractivity contribution in [3.05, 3.63) is 10.4 Å². The average Bonchev–Trinajstić information content (AvgIpc) is 2.31. The number of hydrogen-bond acceptors (Lipinski definition) is 7. The van der Waals surface area contributed by atoms with Crippen LogP contribution in [-0.2, 0) is 28.5 Å². The Balaban J connectivity index is 2.60. The van der Waals surface area contributed by atoms with E-state index in [4.69, 9.17) is 23.9 Å². The van der Waals surface area contributed by atoms with Gasteiger partial charge in [0.1, 0.15) is 6.79 Å². The van der Waals surface area contributed by atoms with Crippen LogP contribution in [0.2, 0.25) is 0 Å². The van der Waals surface area contributed by atoms with E-state index < -0.39 is 22.3 Å². The summed E-state index contributed by atoms with van der Waals surface area (Å²) >= 11 is 0. The molecule has 3 atom stereocenters. The van der Waals surface area contributed by atoms with Crippen LogP contribution in [0.4, 0.5) is 0 Å². The van der Waals surface area contributed by atoms with Crippen molar-refractivity contribution < 1.29 is 26.8 Å². The van der Waals surface area contributed by atoms with E-state index in [1.165, 1.54) is 7.11 Å². The summed E-state index contributed by atoms with van der Waals surface area (Å²) in [6, 6.07) is -0.668. The van der Waals surface area contributed by atoms with Crippen molar-refractivity contribution in [3.63, 3.8) is 0 Å². The fourth-order valence-corrected chi connectivity index (χ4v) is 2.36. The molecule has 1 rings (SSSR count). The predicted octanol–water partition coefficient (Wildman–Crippen LogP) is 0.420. The number of nitrogens with zero attached hydrogens (tertiary/aromatic N) is 3. The Morgan fingerprint density at radius 2 is 2.26 bits per heavy atom. The van der Waals surface area contributed by atoms with Crippen molar-refractivity contribution in [3.8, 4) is 0 Å². The maximum Gasteiger partial charge on any atom is 0.264 e. The van der Waals surface area contributed by atoms with Gasteiger partial charge < -0.3 is 14.2 Å². The molecule has 1 aliphatic heterocycles. The van der Waals surface area contributed by atoms with Crippen molar-refractivity contribution in [2.75, 3.05) is 33.4 Å². The van der Waals surface area contributed by atoms with Crippen LogP contribution in [0.25, 0.3) is 10.4 Å². The molecule has 0 aromatic heterocycles. The molecule has 2 unspecified atom stereocenters. The first-order valence-corrected chi connectivity index (χ1v) is 7.38. The summed E-state index contributed by atoms with van der Waals surface area (Å²) in [5.41, 5.74) is 8.43. The lowest BCUT2D eigenvalue weighted by Gasteiger charge is -2.32. The van der Waals surface area contributed by atoms with Crippen molar-refractivity contribution in [1.29, 1.82) is 0 Å². The van der Waals surface area contributed by atoms with Gasteiger partial charge in [0.15, 0.2) is 0 Å². The molecule has 19 heavy (non-hydrogen) atoms. The van der Waals surface area contributed by atoms with Gasteiger partial charge in [0, 0.05) is 18.4 Å². The molecule has 0 amide bonds. The molecule has 9 nitrogen and oxygen atoms in total. The molecule has 10 heteroatoms. The second-order valence-electron chi connectivity index (χ2n) is 4.08. The first kappa shape index (κ1) is 16.2. The second kappa shape index (κ2) is 7.63. The van der Waals surface area contributed by atoms with E-state index in [-0.39, 0.29) is 32.5 Å². The fraction of sp³-hybridized carbons (Fsp3) is 1.00. The number of ether oxygens (including phenoxy) is 3. The first-order chi connectivity index (χ1) is 8.96. The summed E-state index contributed by atoms with van der Waals surface area (Å²) in [6.45, 7) is 0.461. The van der Waals surface area contributed by atoms with E-state index in [0.717, 1.165) is 6.26 Å². The first-order valence-electron chi connectivity index (χ1n) is 5.57. The zero-order valence-corrected chi connectivity index (χ0v) is 11.6. The maximum absolute atomic E-state index is 11.2. The highest BCUT2D eigenvalue weighted by atomic mass is 32.2. The monoisotopic (exact) mass is 295 g/mol. The summed E-state index contributed by atoms with van der Waals surface area (Å²) in [5.74, 6) is 0. The lowest BCUT2D eigenvalue weighted by Crippen LogP contribution is -2.44. The molecule has 0 saturated carbocycles. The summed E-state index contributed by atoms with van der Waals surface area (Å²) in [4.78, 5) is 2.66. The largest absolute Gasteiger partial charge is 0.375 e. The van der Waals surface area contributed by atoms with Gasteiger partial charge in [-0.15, -0.1) is 0 Å². The minimum Gasteiger partial charge on any atom is -0.375 e. The minimum absolute atomic E-state index is 0.0885. The van der Waals surface area contributed by atoms with E-state index >= 15 is 0 Å². The molecule has 0 aromatic rings. The molecule has 1 fully saturated rings. The molecule has 0 aliphatic carbocycles. The van der Waals surface area contributed by atoms with Gasteiger partial charge in [0.05, 0.1) is 37.7 Å². The second-order valence-corrected chi connectivity index (χ2v) is 5.68. The molecule has 1 heterocycles. The molecular formula is C9H17N3O6S. The van der Waals surface area contributed by atoms with Crippen LogP contribution in [0, 0.1) is 0 Å². The number of methoxy groups -OCH3 is 1. The molecule has 0 N–H and O–H groups in total. The standard InChI is InChI=1S/C9H17N3O6S/c1-15-6-16-4-7-3-9(18-19(2,13)14)8(5-17-7)11-12-10/h7-9H,3-6H2,1-2H3/t7-,8?,9?/m0/s1. The summed E-state index contributed by atoms with van der Waals surface area (Å²) in [6.07, 6.45) is 0.148. The molecule has 0 bridgehead atoms. The van der Waals surface area contributed by atoms with E-state index in [1.54, 1.807) is 0 Å². The molecule has 0 aromatic carbocycles. The maximum atomic E-state index is 11.2. The molecule has 0 spiro atoms. The third kappa shape index (κ3) is 6.19. The zero-order chi connectivity index (χ0) is 14.3. The number of rotatable bonds is 7. The molecule has 110 valence electrons. The van der Waals surface area contributed by atoms with Crippen LogP contribution in [0.15, 0.2) is 5.11 Å². The Labute approximate surface area is 111 Å². The third-order valence-corrected chi connectivity index (χ3v) is 3.03. The minimum atomic E-state index is -3.63. The highest BCUT2D eigenvalue weighted by Crippen LogP contribution is 2.22. The summed E-state index contributed by atoms with van der Waals surface area (Å²) in [5, 5.41) is 3.48. The van der Waals surface area contributed by atoms with Gasteiger partial charge in [0.25, 0.3) is 10.1 Å². The number of azide groups is 1. The van der Waals surface area contributed by atoms with E-state index in [0.29, 0.717) is 0 Å². The Hall–Kier alpha value is -0.900. The van der Waals surface area contributed by atoms with Gasteiger partial charge in [0.2, 0.25) is 0 Å². The Bertz CT molecular complexity index is 422. The Kier molecular flexibility index (Phi) is 6.49. The Morgan fingerprint density at radius 3 is 2.84 bits per heavy atom. The molecule has 1 saturated heterocycles. The van der Waals surface area contributed by atoms with Gasteiger partial charge >= 0.3 is 0 Å². The van der Waals surface area contributed by atoms with Gasteiger partial charge in [-0.3, -0.25) is 4.18 Å². The van der Waals surface area contributed by atoms with Crippen LogP contribution in [0.1, 0.15) is 6.42 Å². The highest BCUT2D eigenvalue weighted by Gasteiger charge is 2.34. The highest BCUT2D eigenvalue weighted by molar-refractivity contribution is 7.86. The van der Waals surface area contributed by atoms with Crippen molar-refractivity contribution >= 4 is 10.1 Å². The van der Waals surface area contributed by atoms with Gasteiger partial charge in [-0.05, 0) is 5.53 Å². The lowest BCUT2D eigenvalue weighted by molar-refractivity contribution is -0.111. The van der Waals surface area contributed by atoms with Crippen LogP contribution in [0.3, 0.4) is 0 Å². The smallest absolute Gasteiger partial charge is 0.264 e. The Morgan fingerprint density at radius 1 is 1.53 bits per heavy atom. The van der Waals surface area contributed by atoms with Crippen LogP contribution in [-0.4, -0.2) is 60.0 Å². The van der Waals surface area contributed by atoms with Crippen LogP contribution in [0.5, 0.6) is 0 Å². The SMILES string of the molecule is COCOC[C@@H]1CC(OS(C)(=O)=O)C(N=[N+]=[N-])CO1. The van der Waals surface area contributed by atoms with E-state index in [2.05, 4.69) is 10.0 Å². The average molecular weight is 295 g/mol. The van der Waals surface area contributed by atoms with Gasteiger partial charge in [-0.25, -0.2) is 0 Å². The van der Waals surface area contributed by atoms with Crippen molar-refractivity contribution in [2.24, 2.45) is 5.11 Å². The van der Waals surface area contributed by atoms with E-state index in [1.807, 2.05) is 0 Å². The van der Waals surface area contributed by atoms with Crippen LogP contribution >= 0.6 is 0 Å².